The molecule has 0 amide bonds. The molecule has 0 unspecified atom stereocenters. The molecule has 30 heavy (non-hydrogen) atoms. The average molecular weight is 432 g/mol. The van der Waals surface area contributed by atoms with Crippen LogP contribution in [0.1, 0.15) is 12.0 Å². The third-order valence-electron chi connectivity index (χ3n) is 6.01. The highest BCUT2D eigenvalue weighted by atomic mass is 32.2. The first-order chi connectivity index (χ1) is 14.6. The Kier molecular flexibility index (Phi) is 6.95. The van der Waals surface area contributed by atoms with Crippen molar-refractivity contribution in [3.05, 3.63) is 59.9 Å². The summed E-state index contributed by atoms with van der Waals surface area (Å²) in [6.45, 7) is 6.79. The Hall–Kier alpha value is -1.64. The van der Waals surface area contributed by atoms with Crippen LogP contribution >= 0.6 is 11.9 Å². The maximum absolute atomic E-state index is 13.1. The smallest absolute Gasteiger partial charge is 0.209 e. The maximum Gasteiger partial charge on any atom is 0.209 e. The Bertz CT molecular complexity index is 823. The predicted octanol–water partition coefficient (Wildman–Crippen LogP) is 3.81. The summed E-state index contributed by atoms with van der Waals surface area (Å²) in [6.07, 6.45) is 1.09. The molecule has 1 saturated heterocycles. The lowest BCUT2D eigenvalue weighted by molar-refractivity contribution is -0.222. The fraction of sp³-hybridized carbons (Fsp3) is 0.478. The summed E-state index contributed by atoms with van der Waals surface area (Å²) < 4.78 is 27.1. The molecule has 0 radical (unpaired) electrons. The molecule has 162 valence electrons. The largest absolute Gasteiger partial charge is 0.369 e. The third kappa shape index (κ3) is 4.65. The maximum atomic E-state index is 13.1. The van der Waals surface area contributed by atoms with E-state index in [0.717, 1.165) is 56.9 Å². The van der Waals surface area contributed by atoms with Crippen LogP contribution in [0.25, 0.3) is 0 Å². The van der Waals surface area contributed by atoms with E-state index in [-0.39, 0.29) is 5.82 Å². The molecule has 0 aliphatic carbocycles. The van der Waals surface area contributed by atoms with Crippen molar-refractivity contribution < 1.29 is 13.9 Å². The molecule has 2 aliphatic heterocycles. The van der Waals surface area contributed by atoms with E-state index in [1.165, 1.54) is 17.0 Å². The molecule has 0 spiro atoms. The van der Waals surface area contributed by atoms with E-state index in [1.54, 1.807) is 26.2 Å². The highest BCUT2D eigenvalue weighted by Gasteiger charge is 2.40. The zero-order chi connectivity index (χ0) is 21.0. The van der Waals surface area contributed by atoms with Gasteiger partial charge in [0, 0.05) is 63.1 Å². The molecule has 7 heteroatoms. The van der Waals surface area contributed by atoms with Crippen molar-refractivity contribution in [1.29, 1.82) is 0 Å². The van der Waals surface area contributed by atoms with Gasteiger partial charge in [-0.05, 0) is 55.2 Å². The summed E-state index contributed by atoms with van der Waals surface area (Å²) in [5.41, 5.74) is 2.21. The summed E-state index contributed by atoms with van der Waals surface area (Å²) >= 11 is 1.79. The van der Waals surface area contributed by atoms with Gasteiger partial charge in [-0.3, -0.25) is 4.90 Å². The van der Waals surface area contributed by atoms with Crippen molar-refractivity contribution in [2.24, 2.45) is 0 Å². The highest BCUT2D eigenvalue weighted by molar-refractivity contribution is 7.97. The third-order valence-corrected chi connectivity index (χ3v) is 7.14. The topological polar surface area (TPSA) is 28.2 Å². The van der Waals surface area contributed by atoms with Gasteiger partial charge in [0.1, 0.15) is 5.82 Å². The van der Waals surface area contributed by atoms with Crippen LogP contribution in [0.5, 0.6) is 0 Å². The van der Waals surface area contributed by atoms with E-state index in [2.05, 4.69) is 32.3 Å². The molecule has 0 aromatic heterocycles. The number of piperazine rings is 1. The van der Waals surface area contributed by atoms with Gasteiger partial charge < -0.3 is 14.4 Å². The van der Waals surface area contributed by atoms with Crippen LogP contribution in [0.3, 0.4) is 0 Å². The second-order valence-corrected chi connectivity index (χ2v) is 8.91. The summed E-state index contributed by atoms with van der Waals surface area (Å²) in [5.74, 6) is -0.885. The normalized spacial score (nSPS) is 19.6. The van der Waals surface area contributed by atoms with Gasteiger partial charge in [0.05, 0.1) is 6.54 Å². The Morgan fingerprint density at radius 2 is 1.63 bits per heavy atom. The number of halogens is 1. The summed E-state index contributed by atoms with van der Waals surface area (Å²) in [6, 6.07) is 15.1. The van der Waals surface area contributed by atoms with E-state index >= 15 is 0 Å². The molecule has 2 aromatic rings. The lowest BCUT2D eigenvalue weighted by Gasteiger charge is -2.41. The van der Waals surface area contributed by atoms with Crippen molar-refractivity contribution >= 4 is 17.6 Å². The lowest BCUT2D eigenvalue weighted by Crippen LogP contribution is -2.47. The number of methoxy groups -OCH3 is 2. The molecule has 0 bridgehead atoms. The van der Waals surface area contributed by atoms with Crippen LogP contribution in [0, 0.1) is 5.82 Å². The lowest BCUT2D eigenvalue weighted by atomic mass is 10.0. The SMILES string of the molecule is COC1(OC)CN(CCCN2CCN(c3ccc(F)cc3)CC2)Sc2ccccc21. The number of nitrogens with zero attached hydrogens (tertiary/aromatic N) is 3. The first kappa shape index (κ1) is 21.6. The molecule has 4 rings (SSSR count). The number of ether oxygens (including phenoxy) is 2. The van der Waals surface area contributed by atoms with Gasteiger partial charge in [0.2, 0.25) is 5.79 Å². The minimum atomic E-state index is -0.706. The van der Waals surface area contributed by atoms with Crippen LogP contribution < -0.4 is 4.90 Å². The quantitative estimate of drug-likeness (QED) is 0.489. The van der Waals surface area contributed by atoms with E-state index in [9.17, 15) is 4.39 Å². The summed E-state index contributed by atoms with van der Waals surface area (Å²) in [7, 11) is 3.43. The molecule has 1 fully saturated rings. The Morgan fingerprint density at radius 1 is 0.933 bits per heavy atom. The van der Waals surface area contributed by atoms with Gasteiger partial charge >= 0.3 is 0 Å². The van der Waals surface area contributed by atoms with E-state index in [0.29, 0.717) is 6.54 Å². The Balaban J connectivity index is 1.27. The first-order valence-corrected chi connectivity index (χ1v) is 11.3. The number of anilines is 1. The number of hydrogen-bond donors (Lipinski definition) is 0. The minimum absolute atomic E-state index is 0.179. The minimum Gasteiger partial charge on any atom is -0.369 e. The fourth-order valence-electron chi connectivity index (χ4n) is 4.26. The summed E-state index contributed by atoms with van der Waals surface area (Å²) in [4.78, 5) is 6.04. The Labute approximate surface area is 182 Å². The van der Waals surface area contributed by atoms with Crippen LogP contribution in [0.4, 0.5) is 10.1 Å². The van der Waals surface area contributed by atoms with Crippen molar-refractivity contribution in [3.8, 4) is 0 Å². The monoisotopic (exact) mass is 431 g/mol. The summed E-state index contributed by atoms with van der Waals surface area (Å²) in [5, 5.41) is 0. The highest BCUT2D eigenvalue weighted by Crippen LogP contribution is 2.42. The zero-order valence-corrected chi connectivity index (χ0v) is 18.5. The van der Waals surface area contributed by atoms with E-state index < -0.39 is 5.79 Å². The number of rotatable bonds is 7. The second kappa shape index (κ2) is 9.66. The molecule has 0 N–H and O–H groups in total. The first-order valence-electron chi connectivity index (χ1n) is 10.5. The van der Waals surface area contributed by atoms with E-state index in [1.807, 2.05) is 18.2 Å². The zero-order valence-electron chi connectivity index (χ0n) is 17.7. The molecule has 2 aromatic carbocycles. The number of hydrogen-bond acceptors (Lipinski definition) is 6. The predicted molar refractivity (Wildman–Crippen MR) is 119 cm³/mol. The van der Waals surface area contributed by atoms with Crippen molar-refractivity contribution in [3.63, 3.8) is 0 Å². The van der Waals surface area contributed by atoms with Crippen LogP contribution in [-0.2, 0) is 15.3 Å². The van der Waals surface area contributed by atoms with Gasteiger partial charge in [-0.25, -0.2) is 8.70 Å². The fourth-order valence-corrected chi connectivity index (χ4v) is 5.45. The number of benzene rings is 2. The Morgan fingerprint density at radius 3 is 2.33 bits per heavy atom. The van der Waals surface area contributed by atoms with Crippen molar-refractivity contribution in [2.75, 3.05) is 64.9 Å². The van der Waals surface area contributed by atoms with Crippen LogP contribution in [0.15, 0.2) is 53.4 Å². The van der Waals surface area contributed by atoms with Crippen LogP contribution in [0.2, 0.25) is 0 Å². The van der Waals surface area contributed by atoms with Gasteiger partial charge in [-0.15, -0.1) is 0 Å². The number of fused-ring (bicyclic) bond motifs is 1. The standard InChI is InChI=1S/C23H30FN3O2S/c1-28-23(29-2)18-27(30-22-7-4-3-6-21(22)23)13-5-12-25-14-16-26(17-15-25)20-10-8-19(24)9-11-20/h3-4,6-11H,5,12-18H2,1-2H3. The molecule has 2 heterocycles. The molecular weight excluding hydrogens is 401 g/mol. The van der Waals surface area contributed by atoms with Gasteiger partial charge in [-0.2, -0.15) is 0 Å². The molecule has 2 aliphatic rings. The van der Waals surface area contributed by atoms with E-state index in [4.69, 9.17) is 9.47 Å². The van der Waals surface area contributed by atoms with Gasteiger partial charge in [0.25, 0.3) is 0 Å². The molecule has 0 atom stereocenters. The molecular formula is C23H30FN3O2S. The molecule has 0 saturated carbocycles. The van der Waals surface area contributed by atoms with Crippen molar-refractivity contribution in [1.82, 2.24) is 9.21 Å². The van der Waals surface area contributed by atoms with Crippen molar-refractivity contribution in [2.45, 2.75) is 17.1 Å². The van der Waals surface area contributed by atoms with Gasteiger partial charge in [0.15, 0.2) is 0 Å². The average Bonchev–Trinajstić information content (AvgIpc) is 2.79. The second-order valence-electron chi connectivity index (χ2n) is 7.77. The van der Waals surface area contributed by atoms with Gasteiger partial charge in [-0.1, -0.05) is 18.2 Å². The molecule has 5 nitrogen and oxygen atoms in total. The van der Waals surface area contributed by atoms with Crippen LogP contribution in [-0.4, -0.2) is 69.2 Å².